The number of phenolic OH excluding ortho intramolecular Hbond substituents is 1. The highest BCUT2D eigenvalue weighted by atomic mass is 16.3. The predicted molar refractivity (Wildman–Crippen MR) is 263 cm³/mol. The largest absolute Gasteiger partial charge is 0.507 e. The van der Waals surface area contributed by atoms with Gasteiger partial charge in [0.05, 0.1) is 30.7 Å². The number of aromatic nitrogens is 3. The summed E-state index contributed by atoms with van der Waals surface area (Å²) in [5.74, 6) is 0.369. The topological polar surface area (TPSA) is 50.9 Å². The maximum atomic E-state index is 12.6. The minimum Gasteiger partial charge on any atom is -0.507 e. The zero-order valence-electron chi connectivity index (χ0n) is 40.5. The Hall–Kier alpha value is -6.26. The second kappa shape index (κ2) is 15.6. The molecule has 0 aliphatic carbocycles. The number of phenols is 1. The Labute approximate surface area is 372 Å². The van der Waals surface area contributed by atoms with E-state index in [1.165, 1.54) is 5.56 Å². The molecule has 0 bridgehead atoms. The molecule has 8 aromatic rings. The lowest BCUT2D eigenvalue weighted by atomic mass is 9.79. The van der Waals surface area contributed by atoms with E-state index >= 15 is 0 Å². The van der Waals surface area contributed by atoms with Crippen molar-refractivity contribution in [3.8, 4) is 67.5 Å². The molecule has 0 aliphatic heterocycles. The first-order chi connectivity index (χ1) is 30.0. The molecule has 0 saturated carbocycles. The molecule has 0 aliphatic rings. The van der Waals surface area contributed by atoms with Crippen molar-refractivity contribution in [3.63, 3.8) is 0 Å². The summed E-state index contributed by atoms with van der Waals surface area (Å²) < 4.78 is 21.6. The van der Waals surface area contributed by atoms with Gasteiger partial charge in [-0.15, -0.1) is 0 Å². The lowest BCUT2D eigenvalue weighted by Gasteiger charge is -2.28. The van der Waals surface area contributed by atoms with Crippen molar-refractivity contribution < 1.29 is 7.85 Å². The number of benzene rings is 6. The number of rotatable bonds is 6. The molecule has 6 aromatic carbocycles. The Morgan fingerprint density at radius 3 is 1.74 bits per heavy atom. The van der Waals surface area contributed by atoms with Crippen LogP contribution in [0.4, 0.5) is 0 Å². The molecule has 0 saturated heterocycles. The molecule has 0 atom stereocenters. The molecule has 4 nitrogen and oxygen atoms in total. The number of fused-ring (bicyclic) bond motifs is 1. The molecule has 0 spiro atoms. The van der Waals surface area contributed by atoms with Crippen LogP contribution in [0.25, 0.3) is 72.7 Å². The van der Waals surface area contributed by atoms with Gasteiger partial charge in [-0.3, -0.25) is 9.55 Å². The van der Waals surface area contributed by atoms with Gasteiger partial charge in [-0.1, -0.05) is 174 Å². The van der Waals surface area contributed by atoms with Gasteiger partial charge in [0.2, 0.25) is 0 Å². The zero-order chi connectivity index (χ0) is 46.1. The van der Waals surface area contributed by atoms with E-state index in [2.05, 4.69) is 161 Å². The Balaban J connectivity index is 1.50. The fraction of sp³-hybridized carbons (Fsp3) is 0.276. The van der Waals surface area contributed by atoms with Gasteiger partial charge in [0.25, 0.3) is 0 Å². The lowest BCUT2D eigenvalue weighted by Crippen LogP contribution is -2.17. The Kier molecular flexibility index (Phi) is 10.0. The van der Waals surface area contributed by atoms with Gasteiger partial charge in [0.15, 0.2) is 0 Å². The summed E-state index contributed by atoms with van der Waals surface area (Å²) in [6.07, 6.45) is 1.88. The summed E-state index contributed by atoms with van der Waals surface area (Å²) in [4.78, 5) is 10.5. The molecule has 8 rings (SSSR count). The third-order valence-electron chi connectivity index (χ3n) is 11.8. The van der Waals surface area contributed by atoms with Crippen LogP contribution >= 0.6 is 0 Å². The van der Waals surface area contributed by atoms with Crippen LogP contribution in [0.5, 0.6) is 5.75 Å². The van der Waals surface area contributed by atoms with Crippen LogP contribution in [0.2, 0.25) is 0 Å². The minimum absolute atomic E-state index is 0.0810. The van der Waals surface area contributed by atoms with E-state index < -0.39 is 10.8 Å². The average Bonchev–Trinajstić information content (AvgIpc) is 3.61. The SMILES string of the molecule is [2H]c1c(-c2nc3c(-c4cc(-c5cc(-c6ccccc6)ccn5)cc(C(C)(C)C)c4)cccc3n2-c2ccc(C(C)(C)C)cc2-c2ccccc2)c(O)c(C(C)(C)C)c([2H])c1C(C)(C)C. The van der Waals surface area contributed by atoms with Crippen molar-refractivity contribution in [1.82, 2.24) is 14.5 Å². The number of nitrogens with zero attached hydrogens (tertiary/aromatic N) is 3. The van der Waals surface area contributed by atoms with Gasteiger partial charge in [-0.2, -0.15) is 0 Å². The smallest absolute Gasteiger partial charge is 0.149 e. The van der Waals surface area contributed by atoms with E-state index in [0.29, 0.717) is 22.5 Å². The number of pyridine rings is 1. The van der Waals surface area contributed by atoms with Gasteiger partial charge in [-0.05, 0) is 109 Å². The molecule has 0 unspecified atom stereocenters. The fourth-order valence-electron chi connectivity index (χ4n) is 8.16. The summed E-state index contributed by atoms with van der Waals surface area (Å²) in [6, 6.07) is 45.0. The maximum absolute atomic E-state index is 12.6. The molecule has 62 heavy (non-hydrogen) atoms. The molecular weight excluding hydrogens is 755 g/mol. The molecule has 314 valence electrons. The van der Waals surface area contributed by atoms with E-state index in [9.17, 15) is 7.85 Å². The predicted octanol–water partition coefficient (Wildman–Crippen LogP) is 15.7. The van der Waals surface area contributed by atoms with Gasteiger partial charge in [0.1, 0.15) is 11.6 Å². The van der Waals surface area contributed by atoms with E-state index in [4.69, 9.17) is 9.97 Å². The molecule has 4 heteroatoms. The van der Waals surface area contributed by atoms with Crippen LogP contribution in [-0.4, -0.2) is 19.6 Å². The second-order valence-corrected chi connectivity index (χ2v) is 20.9. The Morgan fingerprint density at radius 1 is 0.484 bits per heavy atom. The summed E-state index contributed by atoms with van der Waals surface area (Å²) >= 11 is 0. The highest BCUT2D eigenvalue weighted by Gasteiger charge is 2.30. The van der Waals surface area contributed by atoms with Gasteiger partial charge in [-0.25, -0.2) is 4.98 Å². The Morgan fingerprint density at radius 2 is 1.11 bits per heavy atom. The summed E-state index contributed by atoms with van der Waals surface area (Å²) in [5.41, 5.74) is 12.8. The van der Waals surface area contributed by atoms with Crippen molar-refractivity contribution in [2.24, 2.45) is 0 Å². The normalized spacial score (nSPS) is 13.0. The number of para-hydroxylation sites is 1. The fourth-order valence-corrected chi connectivity index (χ4v) is 8.16. The van der Waals surface area contributed by atoms with Gasteiger partial charge in [0, 0.05) is 28.5 Å². The molecule has 0 radical (unpaired) electrons. The third-order valence-corrected chi connectivity index (χ3v) is 11.8. The quantitative estimate of drug-likeness (QED) is 0.182. The van der Waals surface area contributed by atoms with Crippen LogP contribution in [0.3, 0.4) is 0 Å². The molecule has 0 amide bonds. The number of hydrogen-bond acceptors (Lipinski definition) is 3. The van der Waals surface area contributed by atoms with Crippen LogP contribution in [0.1, 0.15) is 108 Å². The monoisotopic (exact) mass is 817 g/mol. The average molecular weight is 818 g/mol. The Bertz CT molecular complexity index is 3000. The van der Waals surface area contributed by atoms with Gasteiger partial charge >= 0.3 is 0 Å². The first kappa shape index (κ1) is 39.9. The van der Waals surface area contributed by atoms with Crippen LogP contribution in [0, 0.1) is 0 Å². The highest BCUT2D eigenvalue weighted by molar-refractivity contribution is 5.98. The van der Waals surface area contributed by atoms with Crippen molar-refractivity contribution in [2.45, 2.75) is 105 Å². The van der Waals surface area contributed by atoms with Crippen molar-refractivity contribution in [1.29, 1.82) is 0 Å². The minimum atomic E-state index is -0.606. The summed E-state index contributed by atoms with van der Waals surface area (Å²) in [7, 11) is 0. The first-order valence-electron chi connectivity index (χ1n) is 22.8. The number of hydrogen-bond donors (Lipinski definition) is 1. The van der Waals surface area contributed by atoms with Crippen LogP contribution in [-0.2, 0) is 21.7 Å². The maximum Gasteiger partial charge on any atom is 0.149 e. The van der Waals surface area contributed by atoms with Crippen molar-refractivity contribution in [2.75, 3.05) is 0 Å². The standard InChI is InChI=1S/C58H61N3O/c1-55(2,3)42-26-27-50(46(34-42)38-22-17-14-18-23-38)61-51-25-19-24-45(52(51)60-54(61)47-35-44(57(7,8)9)36-48(53(47)62)58(10,11)12)40-30-41(32-43(31-40)56(4,5)6)49-33-39(28-29-59-49)37-20-15-13-16-21-37/h13-36,62H,1-12H3/i35D,36D. The van der Waals surface area contributed by atoms with Crippen LogP contribution in [0.15, 0.2) is 146 Å². The van der Waals surface area contributed by atoms with Crippen molar-refractivity contribution in [3.05, 3.63) is 168 Å². The van der Waals surface area contributed by atoms with E-state index in [-0.39, 0.29) is 28.7 Å². The number of aromatic hydroxyl groups is 1. The highest BCUT2D eigenvalue weighted by Crippen LogP contribution is 2.46. The zero-order valence-corrected chi connectivity index (χ0v) is 38.5. The number of imidazole rings is 1. The summed E-state index contributed by atoms with van der Waals surface area (Å²) in [6.45, 7) is 25.5. The van der Waals surface area contributed by atoms with Gasteiger partial charge < -0.3 is 5.11 Å². The molecular formula is C58H61N3O. The molecule has 0 fully saturated rings. The molecule has 1 N–H and O–H groups in total. The summed E-state index contributed by atoms with van der Waals surface area (Å²) in [5, 5.41) is 12.6. The first-order valence-corrected chi connectivity index (χ1v) is 21.8. The third kappa shape index (κ3) is 8.23. The molecule has 2 aromatic heterocycles. The molecule has 2 heterocycles. The van der Waals surface area contributed by atoms with E-state index in [0.717, 1.165) is 66.9 Å². The second-order valence-electron chi connectivity index (χ2n) is 20.9. The van der Waals surface area contributed by atoms with E-state index in [1.54, 1.807) is 0 Å². The lowest BCUT2D eigenvalue weighted by molar-refractivity contribution is 0.446. The van der Waals surface area contributed by atoms with Crippen molar-refractivity contribution >= 4 is 11.0 Å². The van der Waals surface area contributed by atoms with Crippen LogP contribution < -0.4 is 0 Å². The van der Waals surface area contributed by atoms with E-state index in [1.807, 2.05) is 59.9 Å².